The number of aliphatic hydroxyl groups excluding tert-OH is 1. The van der Waals surface area contributed by atoms with Gasteiger partial charge in [-0.25, -0.2) is 4.79 Å². The second kappa shape index (κ2) is 7.70. The second-order valence-electron chi connectivity index (χ2n) is 5.57. The molecule has 1 aromatic carbocycles. The molecule has 0 unspecified atom stereocenters. The van der Waals surface area contributed by atoms with Gasteiger partial charge in [0.25, 0.3) is 0 Å². The normalized spacial score (nSPS) is 13.2. The number of ether oxygens (including phenoxy) is 1. The van der Waals surface area contributed by atoms with Crippen molar-refractivity contribution in [2.45, 2.75) is 38.9 Å². The first-order valence-electron chi connectivity index (χ1n) is 6.72. The number of aliphatic hydroxyl groups is 1. The lowest BCUT2D eigenvalue weighted by molar-refractivity contribution is 0.0505. The molecule has 0 bridgehead atoms. The van der Waals surface area contributed by atoms with Crippen molar-refractivity contribution in [2.24, 2.45) is 0 Å². The minimum Gasteiger partial charge on any atom is -0.444 e. The van der Waals surface area contributed by atoms with Crippen molar-refractivity contribution < 1.29 is 14.6 Å². The number of allylic oxidation sites excluding steroid dienone is 1. The molecule has 1 rings (SSSR count). The molecule has 0 aliphatic heterocycles. The highest BCUT2D eigenvalue weighted by molar-refractivity contribution is 5.67. The Kier molecular flexibility index (Phi) is 6.25. The summed E-state index contributed by atoms with van der Waals surface area (Å²) in [5.74, 6) is 0. The SMILES string of the molecule is CC(C)(C)OC(=O)NC[C@@H](O)C=CCc1ccccc1. The fourth-order valence-corrected chi connectivity index (χ4v) is 1.55. The molecule has 0 spiro atoms. The molecular weight excluding hydrogens is 254 g/mol. The van der Waals surface area contributed by atoms with E-state index in [-0.39, 0.29) is 6.54 Å². The molecule has 4 heteroatoms. The Morgan fingerprint density at radius 2 is 2.00 bits per heavy atom. The summed E-state index contributed by atoms with van der Waals surface area (Å²) in [4.78, 5) is 11.4. The molecule has 110 valence electrons. The van der Waals surface area contributed by atoms with Crippen molar-refractivity contribution in [1.29, 1.82) is 0 Å². The molecule has 0 aliphatic carbocycles. The summed E-state index contributed by atoms with van der Waals surface area (Å²) in [5, 5.41) is 12.2. The van der Waals surface area contributed by atoms with Crippen LogP contribution in [0.5, 0.6) is 0 Å². The van der Waals surface area contributed by atoms with Gasteiger partial charge in [-0.3, -0.25) is 0 Å². The summed E-state index contributed by atoms with van der Waals surface area (Å²) in [7, 11) is 0. The zero-order chi connectivity index (χ0) is 15.0. The van der Waals surface area contributed by atoms with Gasteiger partial charge in [0.1, 0.15) is 5.60 Å². The van der Waals surface area contributed by atoms with Gasteiger partial charge in [-0.2, -0.15) is 0 Å². The average Bonchev–Trinajstić information content (AvgIpc) is 2.36. The van der Waals surface area contributed by atoms with Crippen LogP contribution >= 0.6 is 0 Å². The van der Waals surface area contributed by atoms with Crippen molar-refractivity contribution in [2.75, 3.05) is 6.54 Å². The van der Waals surface area contributed by atoms with Gasteiger partial charge in [0.15, 0.2) is 0 Å². The number of rotatable bonds is 5. The van der Waals surface area contributed by atoms with Gasteiger partial charge in [-0.05, 0) is 32.8 Å². The predicted octanol–water partition coefficient (Wildman–Crippen LogP) is 2.67. The zero-order valence-electron chi connectivity index (χ0n) is 12.3. The first-order valence-corrected chi connectivity index (χ1v) is 6.72. The van der Waals surface area contributed by atoms with Crippen LogP contribution in [0.4, 0.5) is 4.79 Å². The van der Waals surface area contributed by atoms with Crippen molar-refractivity contribution in [3.63, 3.8) is 0 Å². The Labute approximate surface area is 120 Å². The Hall–Kier alpha value is -1.81. The van der Waals surface area contributed by atoms with Gasteiger partial charge in [-0.1, -0.05) is 42.5 Å². The summed E-state index contributed by atoms with van der Waals surface area (Å²) in [6.45, 7) is 5.52. The predicted molar refractivity (Wildman–Crippen MR) is 79.5 cm³/mol. The molecule has 0 fully saturated rings. The minimum absolute atomic E-state index is 0.139. The maximum Gasteiger partial charge on any atom is 0.407 e. The molecule has 1 atom stereocenters. The molecule has 1 aromatic rings. The number of alkyl carbamates (subject to hydrolysis) is 1. The molecule has 0 saturated carbocycles. The zero-order valence-corrected chi connectivity index (χ0v) is 12.3. The summed E-state index contributed by atoms with van der Waals surface area (Å²) < 4.78 is 5.08. The number of carbonyl (C=O) groups excluding carboxylic acids is 1. The molecular formula is C16H23NO3. The van der Waals surface area contributed by atoms with Gasteiger partial charge < -0.3 is 15.2 Å². The van der Waals surface area contributed by atoms with Crippen LogP contribution in [-0.2, 0) is 11.2 Å². The molecule has 0 saturated heterocycles. The molecule has 1 amide bonds. The number of hydrogen-bond donors (Lipinski definition) is 2. The van der Waals surface area contributed by atoms with Gasteiger partial charge in [0, 0.05) is 0 Å². The quantitative estimate of drug-likeness (QED) is 0.813. The van der Waals surface area contributed by atoms with Crippen LogP contribution in [0.1, 0.15) is 26.3 Å². The highest BCUT2D eigenvalue weighted by Crippen LogP contribution is 2.06. The van der Waals surface area contributed by atoms with Crippen molar-refractivity contribution in [3.05, 3.63) is 48.0 Å². The van der Waals surface area contributed by atoms with E-state index in [1.165, 1.54) is 5.56 Å². The highest BCUT2D eigenvalue weighted by atomic mass is 16.6. The molecule has 0 aliphatic rings. The van der Waals surface area contributed by atoms with Crippen LogP contribution in [-0.4, -0.2) is 29.4 Å². The maximum absolute atomic E-state index is 11.4. The van der Waals surface area contributed by atoms with Gasteiger partial charge >= 0.3 is 6.09 Å². The Balaban J connectivity index is 2.26. The molecule has 4 nitrogen and oxygen atoms in total. The summed E-state index contributed by atoms with van der Waals surface area (Å²) in [5.41, 5.74) is 0.647. The van der Waals surface area contributed by atoms with E-state index in [1.54, 1.807) is 26.8 Å². The van der Waals surface area contributed by atoms with E-state index in [4.69, 9.17) is 4.74 Å². The van der Waals surface area contributed by atoms with Crippen LogP contribution in [0, 0.1) is 0 Å². The number of carbonyl (C=O) groups is 1. The lowest BCUT2D eigenvalue weighted by Gasteiger charge is -2.20. The smallest absolute Gasteiger partial charge is 0.407 e. The number of amides is 1. The largest absolute Gasteiger partial charge is 0.444 e. The fourth-order valence-electron chi connectivity index (χ4n) is 1.55. The van der Waals surface area contributed by atoms with Crippen molar-refractivity contribution in [3.8, 4) is 0 Å². The molecule has 0 aromatic heterocycles. The van der Waals surface area contributed by atoms with Crippen LogP contribution in [0.3, 0.4) is 0 Å². The number of hydrogen-bond acceptors (Lipinski definition) is 3. The summed E-state index contributed by atoms with van der Waals surface area (Å²) in [6.07, 6.45) is 3.07. The van der Waals surface area contributed by atoms with Crippen LogP contribution in [0.15, 0.2) is 42.5 Å². The monoisotopic (exact) mass is 277 g/mol. The third kappa shape index (κ3) is 7.59. The highest BCUT2D eigenvalue weighted by Gasteiger charge is 2.16. The van der Waals surface area contributed by atoms with Crippen LogP contribution < -0.4 is 5.32 Å². The topological polar surface area (TPSA) is 58.6 Å². The third-order valence-corrected chi connectivity index (χ3v) is 2.41. The van der Waals surface area contributed by atoms with E-state index >= 15 is 0 Å². The van der Waals surface area contributed by atoms with E-state index in [0.717, 1.165) is 6.42 Å². The van der Waals surface area contributed by atoms with Gasteiger partial charge in [0.05, 0.1) is 12.6 Å². The van der Waals surface area contributed by atoms with Crippen LogP contribution in [0.25, 0.3) is 0 Å². The summed E-state index contributed by atoms with van der Waals surface area (Å²) in [6, 6.07) is 9.96. The molecule has 2 N–H and O–H groups in total. The van der Waals surface area contributed by atoms with E-state index in [9.17, 15) is 9.90 Å². The standard InChI is InChI=1S/C16H23NO3/c1-16(2,3)20-15(19)17-12-14(18)11-7-10-13-8-5-4-6-9-13/h4-9,11,14,18H,10,12H2,1-3H3,(H,17,19)/t14-/m0/s1. The average molecular weight is 277 g/mol. The molecule has 0 radical (unpaired) electrons. The first kappa shape index (κ1) is 16.2. The van der Waals surface area contributed by atoms with Crippen molar-refractivity contribution in [1.82, 2.24) is 5.32 Å². The second-order valence-corrected chi connectivity index (χ2v) is 5.57. The maximum atomic E-state index is 11.4. The Morgan fingerprint density at radius 1 is 1.35 bits per heavy atom. The number of benzene rings is 1. The van der Waals surface area contributed by atoms with Gasteiger partial charge in [0.2, 0.25) is 0 Å². The lowest BCUT2D eigenvalue weighted by Crippen LogP contribution is -2.36. The minimum atomic E-state index is -0.716. The van der Waals surface area contributed by atoms with Crippen LogP contribution in [0.2, 0.25) is 0 Å². The summed E-state index contributed by atoms with van der Waals surface area (Å²) >= 11 is 0. The van der Waals surface area contributed by atoms with E-state index in [1.807, 2.05) is 36.4 Å². The first-order chi connectivity index (χ1) is 9.37. The lowest BCUT2D eigenvalue weighted by atomic mass is 10.1. The third-order valence-electron chi connectivity index (χ3n) is 2.41. The Morgan fingerprint density at radius 3 is 2.60 bits per heavy atom. The van der Waals surface area contributed by atoms with Crippen molar-refractivity contribution >= 4 is 6.09 Å². The van der Waals surface area contributed by atoms with Gasteiger partial charge in [-0.15, -0.1) is 0 Å². The Bertz CT molecular complexity index is 435. The fraction of sp³-hybridized carbons (Fsp3) is 0.438. The molecule has 0 heterocycles. The molecule has 20 heavy (non-hydrogen) atoms. The van der Waals surface area contributed by atoms with E-state index in [0.29, 0.717) is 0 Å². The van der Waals surface area contributed by atoms with E-state index < -0.39 is 17.8 Å². The number of nitrogens with one attached hydrogen (secondary N) is 1. The van der Waals surface area contributed by atoms with E-state index in [2.05, 4.69) is 5.32 Å².